The minimum atomic E-state index is 1.05. The molecule has 0 bridgehead atoms. The van der Waals surface area contributed by atoms with Gasteiger partial charge >= 0.3 is 43.1 Å². The van der Waals surface area contributed by atoms with Crippen LogP contribution in [0.15, 0.2) is 12.4 Å². The molecule has 3 heteroatoms. The van der Waals surface area contributed by atoms with Crippen molar-refractivity contribution in [3.63, 3.8) is 0 Å². The molecule has 0 saturated carbocycles. The van der Waals surface area contributed by atoms with Crippen molar-refractivity contribution in [3.8, 4) is 0 Å². The van der Waals surface area contributed by atoms with E-state index in [4.69, 9.17) is 0 Å². The molecule has 0 unspecified atom stereocenters. The molecule has 6 heavy (non-hydrogen) atoms. The molecular formula is C3H3N2Se. The molecule has 1 aromatic rings. The molecule has 0 atom stereocenters. The number of hydrogen-bond acceptors (Lipinski definition) is 1. The number of aromatic amines is 1. The van der Waals surface area contributed by atoms with Gasteiger partial charge in [0.15, 0.2) is 0 Å². The van der Waals surface area contributed by atoms with E-state index in [0.717, 1.165) is 4.46 Å². The molecule has 31 valence electrons. The van der Waals surface area contributed by atoms with Crippen LogP contribution >= 0.6 is 0 Å². The minimum absolute atomic E-state index is 1.05. The number of nitrogens with one attached hydrogen (secondary N) is 1. The average molecular weight is 146 g/mol. The summed E-state index contributed by atoms with van der Waals surface area (Å²) in [5, 5.41) is 6.31. The van der Waals surface area contributed by atoms with E-state index in [1.165, 1.54) is 0 Å². The first kappa shape index (κ1) is 3.90. The van der Waals surface area contributed by atoms with Gasteiger partial charge in [-0.2, -0.15) is 0 Å². The van der Waals surface area contributed by atoms with E-state index < -0.39 is 0 Å². The molecule has 0 saturated heterocycles. The van der Waals surface area contributed by atoms with Gasteiger partial charge in [-0.15, -0.1) is 0 Å². The van der Waals surface area contributed by atoms with Crippen LogP contribution < -0.4 is 4.46 Å². The fourth-order valence-electron chi connectivity index (χ4n) is 0.239. The zero-order valence-corrected chi connectivity index (χ0v) is 4.72. The molecule has 0 aromatic carbocycles. The molecule has 1 aromatic heterocycles. The Kier molecular flexibility index (Phi) is 0.945. The third-order valence-corrected chi connectivity index (χ3v) is 0.942. The van der Waals surface area contributed by atoms with Crippen molar-refractivity contribution in [2.45, 2.75) is 0 Å². The first-order valence-electron chi connectivity index (χ1n) is 1.55. The van der Waals surface area contributed by atoms with Crippen molar-refractivity contribution in [3.05, 3.63) is 12.4 Å². The molecule has 1 N–H and O–H groups in total. The fourth-order valence-corrected chi connectivity index (χ4v) is 0.460. The Morgan fingerprint density at radius 2 is 2.67 bits per heavy atom. The maximum atomic E-state index is 3.67. The van der Waals surface area contributed by atoms with Gasteiger partial charge in [0.1, 0.15) is 0 Å². The number of rotatable bonds is 0. The zero-order valence-electron chi connectivity index (χ0n) is 3.01. The molecule has 0 aliphatic rings. The Morgan fingerprint density at radius 1 is 1.83 bits per heavy atom. The summed E-state index contributed by atoms with van der Waals surface area (Å²) in [6.45, 7) is 0. The van der Waals surface area contributed by atoms with Crippen LogP contribution in [0.4, 0.5) is 0 Å². The van der Waals surface area contributed by atoms with Crippen LogP contribution in [0, 0.1) is 0 Å². The van der Waals surface area contributed by atoms with Gasteiger partial charge in [-0.1, -0.05) is 0 Å². The van der Waals surface area contributed by atoms with Crippen LogP contribution in [0.25, 0.3) is 0 Å². The number of hydrogen-bond donors (Lipinski definition) is 1. The van der Waals surface area contributed by atoms with Gasteiger partial charge in [0.25, 0.3) is 0 Å². The second kappa shape index (κ2) is 1.45. The molecule has 1 heterocycles. The first-order valence-corrected chi connectivity index (χ1v) is 2.41. The molecule has 1 radical (unpaired) electrons. The van der Waals surface area contributed by atoms with E-state index in [-0.39, 0.29) is 0 Å². The summed E-state index contributed by atoms with van der Waals surface area (Å²) >= 11 is 2.79. The van der Waals surface area contributed by atoms with Gasteiger partial charge in [0.05, 0.1) is 0 Å². The second-order valence-electron chi connectivity index (χ2n) is 0.934. The zero-order chi connectivity index (χ0) is 4.41. The summed E-state index contributed by atoms with van der Waals surface area (Å²) in [5.74, 6) is 0. The van der Waals surface area contributed by atoms with Crippen molar-refractivity contribution in [1.82, 2.24) is 10.2 Å². The molecule has 0 fully saturated rings. The first-order chi connectivity index (χ1) is 2.89. The molecule has 0 amide bonds. The van der Waals surface area contributed by atoms with Gasteiger partial charge in [-0.3, -0.25) is 0 Å². The Hall–Kier alpha value is -0.271. The summed E-state index contributed by atoms with van der Waals surface area (Å²) in [5.41, 5.74) is 0. The summed E-state index contributed by atoms with van der Waals surface area (Å²) in [7, 11) is 0. The van der Waals surface area contributed by atoms with Crippen LogP contribution in [-0.4, -0.2) is 26.2 Å². The molecular weight excluding hydrogens is 143 g/mol. The van der Waals surface area contributed by atoms with Gasteiger partial charge in [-0.05, 0) is 0 Å². The SMILES string of the molecule is [Se]c1cn[nH]c1. The monoisotopic (exact) mass is 147 g/mol. The fraction of sp³-hybridized carbons (Fsp3) is 0. The van der Waals surface area contributed by atoms with E-state index in [0.29, 0.717) is 0 Å². The van der Waals surface area contributed by atoms with Crippen molar-refractivity contribution in [2.24, 2.45) is 0 Å². The topological polar surface area (TPSA) is 28.7 Å². The van der Waals surface area contributed by atoms with E-state index in [9.17, 15) is 0 Å². The predicted octanol–water partition coefficient (Wildman–Crippen LogP) is -0.797. The third kappa shape index (κ3) is 0.614. The van der Waals surface area contributed by atoms with E-state index in [2.05, 4.69) is 26.2 Å². The molecule has 2 nitrogen and oxygen atoms in total. The molecule has 1 rings (SSSR count). The number of nitrogens with zero attached hydrogens (tertiary/aromatic N) is 1. The Morgan fingerprint density at radius 3 is 2.83 bits per heavy atom. The van der Waals surface area contributed by atoms with Gasteiger partial charge in [0, 0.05) is 0 Å². The standard InChI is InChI=1S/C3H3N2Se/c6-3-1-4-5-2-3/h1-2H,(H,4,5). The Bertz CT molecular complexity index is 112. The van der Waals surface area contributed by atoms with Crippen molar-refractivity contribution < 1.29 is 0 Å². The summed E-state index contributed by atoms with van der Waals surface area (Å²) < 4.78 is 1.05. The quantitative estimate of drug-likeness (QED) is 0.477. The van der Waals surface area contributed by atoms with Gasteiger partial charge in [0.2, 0.25) is 0 Å². The molecule has 0 spiro atoms. The van der Waals surface area contributed by atoms with Crippen LogP contribution in [0.3, 0.4) is 0 Å². The van der Waals surface area contributed by atoms with Crippen LogP contribution in [-0.2, 0) is 0 Å². The Labute approximate surface area is 43.8 Å². The van der Waals surface area contributed by atoms with E-state index in [1.54, 1.807) is 12.4 Å². The Balaban J connectivity index is 3.05. The van der Waals surface area contributed by atoms with Crippen LogP contribution in [0.1, 0.15) is 0 Å². The van der Waals surface area contributed by atoms with Gasteiger partial charge in [-0.25, -0.2) is 0 Å². The van der Waals surface area contributed by atoms with Crippen LogP contribution in [0.5, 0.6) is 0 Å². The summed E-state index contributed by atoms with van der Waals surface area (Å²) in [4.78, 5) is 0. The average Bonchev–Trinajstić information content (AvgIpc) is 1.86. The van der Waals surface area contributed by atoms with E-state index >= 15 is 0 Å². The summed E-state index contributed by atoms with van der Waals surface area (Å²) in [6.07, 6.45) is 3.51. The second-order valence-corrected chi connectivity index (χ2v) is 1.92. The maximum absolute atomic E-state index is 3.67. The number of aromatic nitrogens is 2. The molecule has 0 aliphatic heterocycles. The van der Waals surface area contributed by atoms with Crippen molar-refractivity contribution in [1.29, 1.82) is 0 Å². The molecule has 0 aliphatic carbocycles. The predicted molar refractivity (Wildman–Crippen MR) is 24.0 cm³/mol. The van der Waals surface area contributed by atoms with Crippen molar-refractivity contribution >= 4 is 20.5 Å². The van der Waals surface area contributed by atoms with E-state index in [1.807, 2.05) is 0 Å². The van der Waals surface area contributed by atoms with Crippen LogP contribution in [0.2, 0.25) is 0 Å². The third-order valence-electron chi connectivity index (χ3n) is 0.473. The van der Waals surface area contributed by atoms with Gasteiger partial charge < -0.3 is 0 Å². The van der Waals surface area contributed by atoms with Crippen molar-refractivity contribution in [2.75, 3.05) is 0 Å². The number of H-pyrrole nitrogens is 1. The normalized spacial score (nSPS) is 8.67. The summed E-state index contributed by atoms with van der Waals surface area (Å²) in [6, 6.07) is 0.